The fraction of sp³-hybridized carbons (Fsp3) is 0.250. The summed E-state index contributed by atoms with van der Waals surface area (Å²) in [7, 11) is 1.54. The molecule has 1 aliphatic heterocycles. The molecular formula is C20H19NO5S. The number of hydrogen-bond donors (Lipinski definition) is 0. The maximum absolute atomic E-state index is 12.4. The van der Waals surface area contributed by atoms with Crippen LogP contribution in [0.2, 0.25) is 0 Å². The molecule has 0 aromatic heterocycles. The van der Waals surface area contributed by atoms with Gasteiger partial charge in [-0.2, -0.15) is 0 Å². The fourth-order valence-electron chi connectivity index (χ4n) is 2.73. The van der Waals surface area contributed by atoms with E-state index in [1.54, 1.807) is 37.4 Å². The van der Waals surface area contributed by atoms with E-state index in [0.29, 0.717) is 17.0 Å². The van der Waals surface area contributed by atoms with Gasteiger partial charge in [0.1, 0.15) is 12.3 Å². The third-order valence-electron chi connectivity index (χ3n) is 4.15. The van der Waals surface area contributed by atoms with Gasteiger partial charge in [0.25, 0.3) is 0 Å². The summed E-state index contributed by atoms with van der Waals surface area (Å²) >= 11 is 1.44. The number of hydrogen-bond acceptors (Lipinski definition) is 6. The Labute approximate surface area is 161 Å². The summed E-state index contributed by atoms with van der Waals surface area (Å²) in [5, 5.41) is 0. The Balaban J connectivity index is 1.65. The predicted octanol–water partition coefficient (Wildman–Crippen LogP) is 2.95. The van der Waals surface area contributed by atoms with Crippen LogP contribution in [0.15, 0.2) is 53.4 Å². The van der Waals surface area contributed by atoms with Gasteiger partial charge in [0.2, 0.25) is 11.7 Å². The molecule has 0 radical (unpaired) electrons. The van der Waals surface area contributed by atoms with E-state index in [-0.39, 0.29) is 24.0 Å². The minimum Gasteiger partial charge on any atom is -0.497 e. The maximum atomic E-state index is 12.4. The van der Waals surface area contributed by atoms with Crippen molar-refractivity contribution in [2.75, 3.05) is 24.3 Å². The number of carbonyl (C=O) groups excluding carboxylic acids is 3. The average molecular weight is 385 g/mol. The molecule has 0 spiro atoms. The molecular weight excluding hydrogens is 366 g/mol. The molecule has 7 heteroatoms. The quantitative estimate of drug-likeness (QED) is 0.562. The van der Waals surface area contributed by atoms with Gasteiger partial charge in [-0.05, 0) is 43.3 Å². The van der Waals surface area contributed by atoms with Crippen LogP contribution in [0.1, 0.15) is 17.3 Å². The number of methoxy groups -OCH3 is 1. The number of rotatable bonds is 6. The zero-order valence-electron chi connectivity index (χ0n) is 15.0. The Hall–Kier alpha value is -2.80. The molecule has 6 nitrogen and oxygen atoms in total. The molecule has 0 aliphatic carbocycles. The van der Waals surface area contributed by atoms with E-state index in [1.807, 2.05) is 18.2 Å². The van der Waals surface area contributed by atoms with Crippen molar-refractivity contribution in [2.45, 2.75) is 17.9 Å². The van der Waals surface area contributed by atoms with Gasteiger partial charge >= 0.3 is 5.97 Å². The highest BCUT2D eigenvalue weighted by atomic mass is 32.2. The third kappa shape index (κ3) is 4.31. The van der Waals surface area contributed by atoms with Gasteiger partial charge in [0.15, 0.2) is 6.10 Å². The number of para-hydroxylation sites is 1. The Morgan fingerprint density at radius 3 is 2.56 bits per heavy atom. The molecule has 1 heterocycles. The lowest BCUT2D eigenvalue weighted by Gasteiger charge is -2.28. The van der Waals surface area contributed by atoms with Crippen LogP contribution in [0.3, 0.4) is 0 Å². The van der Waals surface area contributed by atoms with E-state index >= 15 is 0 Å². The summed E-state index contributed by atoms with van der Waals surface area (Å²) in [5.41, 5.74) is 1.11. The van der Waals surface area contributed by atoms with E-state index in [1.165, 1.54) is 23.6 Å². The first kappa shape index (κ1) is 19.0. The zero-order chi connectivity index (χ0) is 19.4. The summed E-state index contributed by atoms with van der Waals surface area (Å²) in [6.45, 7) is 1.29. The number of fused-ring (bicyclic) bond motifs is 1. The Morgan fingerprint density at radius 1 is 1.15 bits per heavy atom. The Morgan fingerprint density at radius 2 is 1.85 bits per heavy atom. The second kappa shape index (κ2) is 8.26. The van der Waals surface area contributed by atoms with Crippen molar-refractivity contribution in [2.24, 2.45) is 0 Å². The van der Waals surface area contributed by atoms with Gasteiger partial charge in [-0.1, -0.05) is 12.1 Å². The average Bonchev–Trinajstić information content (AvgIpc) is 2.69. The van der Waals surface area contributed by atoms with Crippen molar-refractivity contribution in [1.29, 1.82) is 0 Å². The first-order valence-corrected chi connectivity index (χ1v) is 9.38. The summed E-state index contributed by atoms with van der Waals surface area (Å²) in [4.78, 5) is 39.3. The predicted molar refractivity (Wildman–Crippen MR) is 102 cm³/mol. The van der Waals surface area contributed by atoms with E-state index in [9.17, 15) is 14.4 Å². The highest BCUT2D eigenvalue weighted by molar-refractivity contribution is 8.00. The molecule has 3 rings (SSSR count). The lowest BCUT2D eigenvalue weighted by Crippen LogP contribution is -2.41. The van der Waals surface area contributed by atoms with Crippen LogP contribution in [0, 0.1) is 0 Å². The largest absolute Gasteiger partial charge is 0.497 e. The van der Waals surface area contributed by atoms with Crippen LogP contribution >= 0.6 is 11.8 Å². The second-order valence-electron chi connectivity index (χ2n) is 5.96. The van der Waals surface area contributed by atoms with E-state index < -0.39 is 12.1 Å². The van der Waals surface area contributed by atoms with Crippen LogP contribution in [0.5, 0.6) is 5.75 Å². The normalized spacial score (nSPS) is 14.3. The minimum absolute atomic E-state index is 0.162. The number of ketones is 1. The van der Waals surface area contributed by atoms with Gasteiger partial charge in [-0.25, -0.2) is 0 Å². The highest BCUT2D eigenvalue weighted by Gasteiger charge is 2.28. The van der Waals surface area contributed by atoms with Crippen LogP contribution in [-0.2, 0) is 14.3 Å². The Bertz CT molecular complexity index is 865. The zero-order valence-corrected chi connectivity index (χ0v) is 15.8. The highest BCUT2D eigenvalue weighted by Crippen LogP contribution is 2.34. The van der Waals surface area contributed by atoms with Crippen LogP contribution in [0.4, 0.5) is 5.69 Å². The molecule has 1 amide bonds. The molecule has 2 aromatic carbocycles. The number of nitrogens with zero attached hydrogens (tertiary/aromatic N) is 1. The van der Waals surface area contributed by atoms with Crippen molar-refractivity contribution < 1.29 is 23.9 Å². The van der Waals surface area contributed by atoms with Gasteiger partial charge in [0, 0.05) is 10.5 Å². The first-order valence-electron chi connectivity index (χ1n) is 8.39. The molecule has 0 fully saturated rings. The molecule has 0 saturated heterocycles. The standard InChI is InChI=1S/C20H19NO5S/c1-13(20(24)14-7-9-15(25-2)10-8-14)26-19(23)11-21-16-5-3-4-6-17(16)27-12-18(21)22/h3-10,13H,11-12H2,1-2H3/t13-/m0/s1. The Kier molecular flexibility index (Phi) is 5.81. The van der Waals surface area contributed by atoms with E-state index in [2.05, 4.69) is 0 Å². The number of Topliss-reactive ketones (excluding diaryl/α,β-unsaturated/α-hetero) is 1. The van der Waals surface area contributed by atoms with Crippen molar-refractivity contribution >= 4 is 35.1 Å². The molecule has 0 N–H and O–H groups in total. The molecule has 2 aromatic rings. The molecule has 140 valence electrons. The summed E-state index contributed by atoms with van der Waals surface area (Å²) < 4.78 is 10.3. The molecule has 0 saturated carbocycles. The summed E-state index contributed by atoms with van der Waals surface area (Å²) in [5.74, 6) is -0.197. The number of carbonyl (C=O) groups is 3. The second-order valence-corrected chi connectivity index (χ2v) is 6.98. The van der Waals surface area contributed by atoms with Gasteiger partial charge in [-0.15, -0.1) is 11.8 Å². The van der Waals surface area contributed by atoms with Gasteiger partial charge < -0.3 is 9.47 Å². The van der Waals surface area contributed by atoms with Crippen molar-refractivity contribution in [3.63, 3.8) is 0 Å². The smallest absolute Gasteiger partial charge is 0.326 e. The number of amides is 1. The third-order valence-corrected chi connectivity index (χ3v) is 5.19. The monoisotopic (exact) mass is 385 g/mol. The molecule has 27 heavy (non-hydrogen) atoms. The SMILES string of the molecule is COc1ccc(C(=O)[C@H](C)OC(=O)CN2C(=O)CSc3ccccc32)cc1. The lowest BCUT2D eigenvalue weighted by atomic mass is 10.1. The van der Waals surface area contributed by atoms with E-state index in [0.717, 1.165) is 4.90 Å². The maximum Gasteiger partial charge on any atom is 0.326 e. The van der Waals surface area contributed by atoms with Crippen LogP contribution < -0.4 is 9.64 Å². The lowest BCUT2D eigenvalue weighted by molar-refractivity contribution is -0.145. The number of ether oxygens (including phenoxy) is 2. The van der Waals surface area contributed by atoms with E-state index in [4.69, 9.17) is 9.47 Å². The topological polar surface area (TPSA) is 72.9 Å². The van der Waals surface area contributed by atoms with Crippen LogP contribution in [-0.4, -0.2) is 43.2 Å². The summed E-state index contributed by atoms with van der Waals surface area (Å²) in [6, 6.07) is 14.0. The van der Waals surface area contributed by atoms with Crippen molar-refractivity contribution in [3.8, 4) is 5.75 Å². The summed E-state index contributed by atoms with van der Waals surface area (Å²) in [6.07, 6.45) is -0.949. The molecule has 1 aliphatic rings. The fourth-order valence-corrected chi connectivity index (χ4v) is 3.67. The van der Waals surface area contributed by atoms with Gasteiger partial charge in [-0.3, -0.25) is 19.3 Å². The molecule has 0 unspecified atom stereocenters. The number of anilines is 1. The van der Waals surface area contributed by atoms with Crippen molar-refractivity contribution in [3.05, 3.63) is 54.1 Å². The van der Waals surface area contributed by atoms with Gasteiger partial charge in [0.05, 0.1) is 18.6 Å². The molecule has 0 bridgehead atoms. The van der Waals surface area contributed by atoms with Crippen LogP contribution in [0.25, 0.3) is 0 Å². The number of esters is 1. The molecule has 1 atom stereocenters. The number of thioether (sulfide) groups is 1. The minimum atomic E-state index is -0.949. The van der Waals surface area contributed by atoms with Crippen molar-refractivity contribution in [1.82, 2.24) is 0 Å². The first-order chi connectivity index (χ1) is 13.0. The number of benzene rings is 2.